The number of aryl methyl sites for hydroxylation is 2. The van der Waals surface area contributed by atoms with Crippen molar-refractivity contribution >= 4 is 33.4 Å². The van der Waals surface area contributed by atoms with E-state index >= 15 is 0 Å². The number of carbonyl (C=O) groups excluding carboxylic acids is 2. The highest BCUT2D eigenvalue weighted by atomic mass is 79.9. The molecule has 0 fully saturated rings. The third-order valence-corrected chi connectivity index (χ3v) is 4.32. The average Bonchev–Trinajstić information content (AvgIpc) is 2.51. The van der Waals surface area contributed by atoms with Crippen LogP contribution in [0.3, 0.4) is 0 Å². The number of amides is 2. The molecule has 0 aliphatic rings. The van der Waals surface area contributed by atoms with Crippen LogP contribution in [0.25, 0.3) is 0 Å². The molecule has 2 aromatic carbocycles. The van der Waals surface area contributed by atoms with E-state index in [4.69, 9.17) is 0 Å². The number of hydrogen-bond donors (Lipinski definition) is 2. The van der Waals surface area contributed by atoms with Crippen LogP contribution < -0.4 is 10.6 Å². The first kappa shape index (κ1) is 17.2. The summed E-state index contributed by atoms with van der Waals surface area (Å²) in [6, 6.07) is 13.2. The lowest BCUT2D eigenvalue weighted by Crippen LogP contribution is -2.33. The van der Waals surface area contributed by atoms with Gasteiger partial charge in [0, 0.05) is 10.2 Å². The Labute approximate surface area is 144 Å². The second kappa shape index (κ2) is 7.92. The van der Waals surface area contributed by atoms with Crippen molar-refractivity contribution in [1.29, 1.82) is 0 Å². The zero-order valence-corrected chi connectivity index (χ0v) is 14.7. The van der Waals surface area contributed by atoms with Crippen molar-refractivity contribution in [3.05, 3.63) is 63.6 Å². The van der Waals surface area contributed by atoms with Gasteiger partial charge in [0.05, 0.1) is 13.0 Å². The smallest absolute Gasteiger partial charge is 0.243 e. The number of rotatable bonds is 5. The number of hydrogen-bond acceptors (Lipinski definition) is 2. The standard InChI is InChI=1S/C18H19BrN2O2/c1-12-7-8-15(9-13(12)2)21-18(23)11-20-17(22)10-14-5-3-4-6-16(14)19/h3-9H,10-11H2,1-2H3,(H,20,22)(H,21,23). The number of halogens is 1. The summed E-state index contributed by atoms with van der Waals surface area (Å²) < 4.78 is 0.884. The highest BCUT2D eigenvalue weighted by molar-refractivity contribution is 9.10. The van der Waals surface area contributed by atoms with Gasteiger partial charge in [-0.25, -0.2) is 0 Å². The van der Waals surface area contributed by atoms with Crippen LogP contribution in [-0.4, -0.2) is 18.4 Å². The number of nitrogens with one attached hydrogen (secondary N) is 2. The summed E-state index contributed by atoms with van der Waals surface area (Å²) in [4.78, 5) is 23.8. The van der Waals surface area contributed by atoms with E-state index in [9.17, 15) is 9.59 Å². The van der Waals surface area contributed by atoms with Gasteiger partial charge in [-0.3, -0.25) is 9.59 Å². The molecule has 0 heterocycles. The lowest BCUT2D eigenvalue weighted by molar-refractivity contribution is -0.123. The summed E-state index contributed by atoms with van der Waals surface area (Å²) in [5.41, 5.74) is 3.91. The molecule has 0 saturated heterocycles. The molecule has 0 saturated carbocycles. The Hall–Kier alpha value is -2.14. The Morgan fingerprint density at radius 2 is 1.74 bits per heavy atom. The van der Waals surface area contributed by atoms with Crippen LogP contribution in [0.15, 0.2) is 46.9 Å². The predicted octanol–water partition coefficient (Wildman–Crippen LogP) is 3.36. The largest absolute Gasteiger partial charge is 0.347 e. The maximum Gasteiger partial charge on any atom is 0.243 e. The van der Waals surface area contributed by atoms with Crippen molar-refractivity contribution in [3.63, 3.8) is 0 Å². The molecule has 0 aliphatic heterocycles. The molecule has 2 amide bonds. The summed E-state index contributed by atoms with van der Waals surface area (Å²) in [5.74, 6) is -0.430. The second-order valence-corrected chi connectivity index (χ2v) is 6.25. The van der Waals surface area contributed by atoms with Gasteiger partial charge in [-0.1, -0.05) is 40.2 Å². The van der Waals surface area contributed by atoms with Gasteiger partial charge in [0.1, 0.15) is 0 Å². The zero-order chi connectivity index (χ0) is 16.8. The van der Waals surface area contributed by atoms with E-state index in [-0.39, 0.29) is 24.8 Å². The summed E-state index contributed by atoms with van der Waals surface area (Å²) in [6.07, 6.45) is 0.234. The Morgan fingerprint density at radius 1 is 1.00 bits per heavy atom. The SMILES string of the molecule is Cc1ccc(NC(=O)CNC(=O)Cc2ccccc2Br)cc1C. The molecule has 5 heteroatoms. The molecule has 0 spiro atoms. The van der Waals surface area contributed by atoms with Gasteiger partial charge in [0.25, 0.3) is 0 Å². The molecule has 2 N–H and O–H groups in total. The minimum Gasteiger partial charge on any atom is -0.347 e. The molecule has 0 unspecified atom stereocenters. The van der Waals surface area contributed by atoms with Crippen LogP contribution >= 0.6 is 15.9 Å². The molecule has 0 bridgehead atoms. The van der Waals surface area contributed by atoms with Crippen LogP contribution in [-0.2, 0) is 16.0 Å². The minimum absolute atomic E-state index is 0.0454. The van der Waals surface area contributed by atoms with Crippen molar-refractivity contribution in [1.82, 2.24) is 5.32 Å². The van der Waals surface area contributed by atoms with Crippen LogP contribution in [0, 0.1) is 13.8 Å². The first-order chi connectivity index (χ1) is 11.0. The van der Waals surface area contributed by atoms with Gasteiger partial charge in [0.2, 0.25) is 11.8 Å². The van der Waals surface area contributed by atoms with E-state index in [1.165, 1.54) is 5.56 Å². The van der Waals surface area contributed by atoms with Crippen LogP contribution in [0.4, 0.5) is 5.69 Å². The molecule has 2 rings (SSSR count). The summed E-state index contributed by atoms with van der Waals surface area (Å²) in [7, 11) is 0. The summed E-state index contributed by atoms with van der Waals surface area (Å²) >= 11 is 3.40. The van der Waals surface area contributed by atoms with Gasteiger partial charge in [-0.05, 0) is 48.7 Å². The van der Waals surface area contributed by atoms with Gasteiger partial charge >= 0.3 is 0 Å². The van der Waals surface area contributed by atoms with Crippen LogP contribution in [0.2, 0.25) is 0 Å². The number of benzene rings is 2. The highest BCUT2D eigenvalue weighted by Gasteiger charge is 2.09. The van der Waals surface area contributed by atoms with E-state index in [2.05, 4.69) is 26.6 Å². The third kappa shape index (κ3) is 5.21. The number of anilines is 1. The molecule has 2 aromatic rings. The van der Waals surface area contributed by atoms with E-state index in [0.29, 0.717) is 0 Å². The molecule has 0 radical (unpaired) electrons. The lowest BCUT2D eigenvalue weighted by Gasteiger charge is -2.09. The summed E-state index contributed by atoms with van der Waals surface area (Å²) in [5, 5.41) is 5.41. The topological polar surface area (TPSA) is 58.2 Å². The minimum atomic E-state index is -0.242. The van der Waals surface area contributed by atoms with E-state index in [0.717, 1.165) is 21.3 Å². The monoisotopic (exact) mass is 374 g/mol. The van der Waals surface area contributed by atoms with Crippen molar-refractivity contribution in [2.24, 2.45) is 0 Å². The molecule has 0 atom stereocenters. The van der Waals surface area contributed by atoms with Crippen molar-refractivity contribution in [2.45, 2.75) is 20.3 Å². The van der Waals surface area contributed by atoms with Crippen molar-refractivity contribution in [3.8, 4) is 0 Å². The van der Waals surface area contributed by atoms with Crippen molar-refractivity contribution < 1.29 is 9.59 Å². The molecule has 0 aliphatic carbocycles. The normalized spacial score (nSPS) is 10.2. The summed E-state index contributed by atoms with van der Waals surface area (Å²) in [6.45, 7) is 3.96. The highest BCUT2D eigenvalue weighted by Crippen LogP contribution is 2.16. The molecule has 120 valence electrons. The molecule has 0 aromatic heterocycles. The number of carbonyl (C=O) groups is 2. The third-order valence-electron chi connectivity index (χ3n) is 3.55. The van der Waals surface area contributed by atoms with E-state index in [1.54, 1.807) is 0 Å². The molecular weight excluding hydrogens is 356 g/mol. The molecule has 4 nitrogen and oxygen atoms in total. The van der Waals surface area contributed by atoms with Crippen LogP contribution in [0.1, 0.15) is 16.7 Å². The Balaban J connectivity index is 1.83. The van der Waals surface area contributed by atoms with Crippen molar-refractivity contribution in [2.75, 3.05) is 11.9 Å². The predicted molar refractivity (Wildman–Crippen MR) is 95.4 cm³/mol. The fraction of sp³-hybridized carbons (Fsp3) is 0.222. The van der Waals surface area contributed by atoms with Crippen LogP contribution in [0.5, 0.6) is 0 Å². The zero-order valence-electron chi connectivity index (χ0n) is 13.2. The first-order valence-electron chi connectivity index (χ1n) is 7.33. The fourth-order valence-corrected chi connectivity index (χ4v) is 2.51. The molecule has 23 heavy (non-hydrogen) atoms. The maximum absolute atomic E-state index is 11.9. The van der Waals surface area contributed by atoms with E-state index in [1.807, 2.05) is 56.3 Å². The van der Waals surface area contributed by atoms with Gasteiger partial charge in [-0.15, -0.1) is 0 Å². The van der Waals surface area contributed by atoms with Gasteiger partial charge < -0.3 is 10.6 Å². The Morgan fingerprint density at radius 3 is 2.43 bits per heavy atom. The Bertz CT molecular complexity index is 729. The Kier molecular flexibility index (Phi) is 5.93. The molecular formula is C18H19BrN2O2. The first-order valence-corrected chi connectivity index (χ1v) is 8.12. The maximum atomic E-state index is 11.9. The second-order valence-electron chi connectivity index (χ2n) is 5.39. The van der Waals surface area contributed by atoms with E-state index < -0.39 is 0 Å². The quantitative estimate of drug-likeness (QED) is 0.842. The average molecular weight is 375 g/mol. The van der Waals surface area contributed by atoms with Gasteiger partial charge in [0.15, 0.2) is 0 Å². The fourth-order valence-electron chi connectivity index (χ4n) is 2.08. The van der Waals surface area contributed by atoms with Gasteiger partial charge in [-0.2, -0.15) is 0 Å². The lowest BCUT2D eigenvalue weighted by atomic mass is 10.1.